The summed E-state index contributed by atoms with van der Waals surface area (Å²) in [6.07, 6.45) is 5.04. The van der Waals surface area contributed by atoms with Crippen molar-refractivity contribution in [2.75, 3.05) is 13.3 Å². The third-order valence-electron chi connectivity index (χ3n) is 3.77. The van der Waals surface area contributed by atoms with Crippen LogP contribution in [0.1, 0.15) is 5.56 Å². The van der Waals surface area contributed by atoms with Gasteiger partial charge in [0.05, 0.1) is 5.03 Å². The fourth-order valence-corrected chi connectivity index (χ4v) is 3.33. The van der Waals surface area contributed by atoms with Crippen molar-refractivity contribution in [3.8, 4) is 17.1 Å². The molecule has 132 valence electrons. The molecule has 0 unspecified atom stereocenters. The van der Waals surface area contributed by atoms with Crippen molar-refractivity contribution in [1.29, 1.82) is 5.41 Å². The summed E-state index contributed by atoms with van der Waals surface area (Å²) in [6.45, 7) is 0. The zero-order valence-corrected chi connectivity index (χ0v) is 15.0. The molecule has 3 rings (SSSR count). The summed E-state index contributed by atoms with van der Waals surface area (Å²) in [7, 11) is 1.57. The highest BCUT2D eigenvalue weighted by Crippen LogP contribution is 2.28. The molecule has 2 heterocycles. The van der Waals surface area contributed by atoms with Gasteiger partial charge in [0.2, 0.25) is 0 Å². The first-order valence-corrected chi connectivity index (χ1v) is 8.93. The number of nitrogens with zero attached hydrogens (tertiary/aromatic N) is 3. The number of nitrogens with one attached hydrogen (secondary N) is 2. The van der Waals surface area contributed by atoms with E-state index in [1.54, 1.807) is 48.3 Å². The Balaban J connectivity index is 2.41. The Labute approximate surface area is 153 Å². The summed E-state index contributed by atoms with van der Waals surface area (Å²) in [6, 6.07) is 9.40. The number of rotatable bonds is 4. The van der Waals surface area contributed by atoms with Gasteiger partial charge >= 0.3 is 0 Å². The van der Waals surface area contributed by atoms with Crippen molar-refractivity contribution < 1.29 is 4.39 Å². The highest BCUT2D eigenvalue weighted by atomic mass is 32.2. The van der Waals surface area contributed by atoms with E-state index in [9.17, 15) is 9.18 Å². The van der Waals surface area contributed by atoms with Gasteiger partial charge < -0.3 is 5.32 Å². The van der Waals surface area contributed by atoms with Crippen molar-refractivity contribution in [2.45, 2.75) is 5.03 Å². The summed E-state index contributed by atoms with van der Waals surface area (Å²) in [4.78, 5) is 20.8. The smallest absolute Gasteiger partial charge is 0.285 e. The summed E-state index contributed by atoms with van der Waals surface area (Å²) in [5.74, 6) is 0.0205. The monoisotopic (exact) mass is 369 g/mol. The minimum Gasteiger partial charge on any atom is -0.373 e. The predicted molar refractivity (Wildman–Crippen MR) is 101 cm³/mol. The summed E-state index contributed by atoms with van der Waals surface area (Å²) < 4.78 is 15.2. The average Bonchev–Trinajstić information content (AvgIpc) is 2.68. The standard InChI is InChI=1S/C18H16FN5OS/c1-21-15(20)14-17(25)23-16(11-7-9-22-10-8-11)24(18(14)26-2)13-5-3-12(19)4-6-13/h3-10H,1-2H3,(H2,20,21). The van der Waals surface area contributed by atoms with Crippen LogP contribution in [0.15, 0.2) is 58.6 Å². The summed E-state index contributed by atoms with van der Waals surface area (Å²) in [5.41, 5.74) is 1.00. The van der Waals surface area contributed by atoms with Gasteiger partial charge in [-0.05, 0) is 42.7 Å². The van der Waals surface area contributed by atoms with Gasteiger partial charge in [-0.2, -0.15) is 4.98 Å². The minimum absolute atomic E-state index is 0.0241. The Kier molecular flexibility index (Phi) is 5.13. The molecule has 0 amide bonds. The van der Waals surface area contributed by atoms with Gasteiger partial charge in [0.1, 0.15) is 23.0 Å². The third-order valence-corrected chi connectivity index (χ3v) is 4.54. The van der Waals surface area contributed by atoms with E-state index >= 15 is 0 Å². The molecule has 8 heteroatoms. The molecule has 0 fully saturated rings. The Hall–Kier alpha value is -3.00. The number of thioether (sulfide) groups is 1. The molecular weight excluding hydrogens is 353 g/mol. The lowest BCUT2D eigenvalue weighted by Crippen LogP contribution is -2.31. The molecule has 2 aromatic heterocycles. The molecule has 0 aliphatic carbocycles. The number of aromatic nitrogens is 3. The largest absolute Gasteiger partial charge is 0.373 e. The van der Waals surface area contributed by atoms with E-state index < -0.39 is 5.56 Å². The van der Waals surface area contributed by atoms with Gasteiger partial charge in [-0.25, -0.2) is 4.39 Å². The molecule has 0 saturated carbocycles. The second-order valence-electron chi connectivity index (χ2n) is 5.30. The van der Waals surface area contributed by atoms with Crippen LogP contribution in [-0.4, -0.2) is 33.7 Å². The molecule has 0 atom stereocenters. The lowest BCUT2D eigenvalue weighted by Gasteiger charge is -2.20. The van der Waals surface area contributed by atoms with E-state index in [1.165, 1.54) is 23.9 Å². The van der Waals surface area contributed by atoms with Gasteiger partial charge in [-0.1, -0.05) is 0 Å². The highest BCUT2D eigenvalue weighted by Gasteiger charge is 2.21. The van der Waals surface area contributed by atoms with Gasteiger partial charge in [0, 0.05) is 30.7 Å². The lowest BCUT2D eigenvalue weighted by atomic mass is 10.2. The fraction of sp³-hybridized carbons (Fsp3) is 0.111. The number of halogens is 1. The van der Waals surface area contributed by atoms with Crippen molar-refractivity contribution in [3.63, 3.8) is 0 Å². The van der Waals surface area contributed by atoms with Crippen LogP contribution in [0.25, 0.3) is 17.1 Å². The van der Waals surface area contributed by atoms with E-state index in [2.05, 4.69) is 15.3 Å². The Morgan fingerprint density at radius 2 is 1.85 bits per heavy atom. The quantitative estimate of drug-likeness (QED) is 0.320. The van der Waals surface area contributed by atoms with E-state index in [0.29, 0.717) is 22.1 Å². The van der Waals surface area contributed by atoms with E-state index in [-0.39, 0.29) is 17.2 Å². The van der Waals surface area contributed by atoms with Crippen molar-refractivity contribution in [3.05, 3.63) is 70.5 Å². The van der Waals surface area contributed by atoms with Gasteiger partial charge in [-0.15, -0.1) is 11.8 Å². The summed E-state index contributed by atoms with van der Waals surface area (Å²) in [5, 5.41) is 11.3. The number of benzene rings is 1. The molecule has 3 aromatic rings. The van der Waals surface area contributed by atoms with Crippen molar-refractivity contribution in [1.82, 2.24) is 19.9 Å². The lowest BCUT2D eigenvalue weighted by molar-refractivity contribution is 0.627. The maximum absolute atomic E-state index is 13.4. The highest BCUT2D eigenvalue weighted by molar-refractivity contribution is 7.98. The Bertz CT molecular complexity index is 1000. The molecule has 2 N–H and O–H groups in total. The van der Waals surface area contributed by atoms with Crippen molar-refractivity contribution >= 4 is 17.6 Å². The molecule has 0 saturated heterocycles. The van der Waals surface area contributed by atoms with Crippen LogP contribution in [-0.2, 0) is 0 Å². The van der Waals surface area contributed by atoms with Crippen LogP contribution >= 0.6 is 11.8 Å². The first kappa shape index (κ1) is 17.8. The van der Waals surface area contributed by atoms with E-state index in [4.69, 9.17) is 5.41 Å². The average molecular weight is 369 g/mol. The predicted octanol–water partition coefficient (Wildman–Crippen LogP) is 2.70. The second kappa shape index (κ2) is 7.49. The second-order valence-corrected chi connectivity index (χ2v) is 6.09. The zero-order chi connectivity index (χ0) is 18.7. The Morgan fingerprint density at radius 3 is 2.42 bits per heavy atom. The maximum atomic E-state index is 13.4. The van der Waals surface area contributed by atoms with Gasteiger partial charge in [-0.3, -0.25) is 19.8 Å². The number of amidine groups is 1. The molecular formula is C18H16FN5OS. The molecule has 0 aliphatic rings. The van der Waals surface area contributed by atoms with E-state index in [1.807, 2.05) is 6.26 Å². The van der Waals surface area contributed by atoms with Crippen LogP contribution in [0.2, 0.25) is 0 Å². The normalized spacial score (nSPS) is 10.6. The van der Waals surface area contributed by atoms with E-state index in [0.717, 1.165) is 0 Å². The van der Waals surface area contributed by atoms with Crippen LogP contribution in [0.3, 0.4) is 0 Å². The molecule has 0 spiro atoms. The molecule has 26 heavy (non-hydrogen) atoms. The van der Waals surface area contributed by atoms with Gasteiger partial charge in [0.15, 0.2) is 0 Å². The van der Waals surface area contributed by atoms with Gasteiger partial charge in [0.25, 0.3) is 5.56 Å². The minimum atomic E-state index is -0.501. The first-order valence-electron chi connectivity index (χ1n) is 7.71. The van der Waals surface area contributed by atoms with Crippen LogP contribution in [0.5, 0.6) is 0 Å². The SMILES string of the molecule is CNC(=N)c1c(SC)n(-c2ccc(F)cc2)c(-c2ccncc2)nc1=O. The van der Waals surface area contributed by atoms with Crippen LogP contribution < -0.4 is 10.9 Å². The first-order chi connectivity index (χ1) is 12.6. The Morgan fingerprint density at radius 1 is 1.19 bits per heavy atom. The molecule has 0 aliphatic heterocycles. The fourth-order valence-electron chi connectivity index (χ4n) is 2.56. The molecule has 0 bridgehead atoms. The zero-order valence-electron chi connectivity index (χ0n) is 14.2. The topological polar surface area (TPSA) is 83.7 Å². The van der Waals surface area contributed by atoms with Crippen LogP contribution in [0.4, 0.5) is 4.39 Å². The molecule has 0 radical (unpaired) electrons. The van der Waals surface area contributed by atoms with Crippen LogP contribution in [0, 0.1) is 11.2 Å². The number of pyridine rings is 1. The maximum Gasteiger partial charge on any atom is 0.285 e. The third kappa shape index (κ3) is 3.23. The number of hydrogen-bond donors (Lipinski definition) is 2. The molecule has 6 nitrogen and oxygen atoms in total. The number of hydrogen-bond acceptors (Lipinski definition) is 5. The van der Waals surface area contributed by atoms with Crippen molar-refractivity contribution in [2.24, 2.45) is 0 Å². The summed E-state index contributed by atoms with van der Waals surface area (Å²) >= 11 is 1.32. The molecule has 1 aromatic carbocycles.